The lowest BCUT2D eigenvalue weighted by Gasteiger charge is -2.18. The van der Waals surface area contributed by atoms with Gasteiger partial charge in [-0.15, -0.1) is 0 Å². The first-order chi connectivity index (χ1) is 6.68. The van der Waals surface area contributed by atoms with Crippen LogP contribution >= 0.6 is 0 Å². The molecule has 0 saturated heterocycles. The Bertz CT molecular complexity index is 309. The molecule has 0 aliphatic heterocycles. The summed E-state index contributed by atoms with van der Waals surface area (Å²) in [7, 11) is 0. The van der Waals surface area contributed by atoms with E-state index in [1.165, 1.54) is 5.56 Å². The molecule has 1 nitrogen and oxygen atoms in total. The lowest BCUT2D eigenvalue weighted by Crippen LogP contribution is -2.49. The zero-order valence-electron chi connectivity index (χ0n) is 11.0. The first-order valence-electron chi connectivity index (χ1n) is 5.69. The first-order valence-corrected chi connectivity index (χ1v) is 5.69. The average molecular weight is 206 g/mol. The topological polar surface area (TPSA) is 3.88 Å². The number of aromatic nitrogens is 1. The number of hydrogen-bond donors (Lipinski definition) is 0. The van der Waals surface area contributed by atoms with Crippen LogP contribution in [0.4, 0.5) is 0 Å². The summed E-state index contributed by atoms with van der Waals surface area (Å²) < 4.78 is 2.25. The molecule has 0 bridgehead atoms. The molecule has 0 aliphatic rings. The van der Waals surface area contributed by atoms with E-state index in [2.05, 4.69) is 70.6 Å². The van der Waals surface area contributed by atoms with E-state index in [9.17, 15) is 0 Å². The van der Waals surface area contributed by atoms with Gasteiger partial charge < -0.3 is 0 Å². The standard InChI is InChI=1S/C14H24N/c1-13(2,3)11-12-7-9-15(10-8-12)14(4,5)6/h7-10H,11H2,1-6H3/q+1. The lowest BCUT2D eigenvalue weighted by molar-refractivity contribution is -0.754. The van der Waals surface area contributed by atoms with E-state index in [-0.39, 0.29) is 5.54 Å². The van der Waals surface area contributed by atoms with Gasteiger partial charge >= 0.3 is 0 Å². The largest absolute Gasteiger partial charge is 0.201 e. The number of nitrogens with zero attached hydrogens (tertiary/aromatic N) is 1. The maximum absolute atomic E-state index is 2.28. The highest BCUT2D eigenvalue weighted by Gasteiger charge is 2.20. The minimum Gasteiger partial charge on any atom is -0.201 e. The summed E-state index contributed by atoms with van der Waals surface area (Å²) >= 11 is 0. The summed E-state index contributed by atoms with van der Waals surface area (Å²) in [5.41, 5.74) is 1.97. The maximum atomic E-state index is 2.28. The molecule has 0 aliphatic carbocycles. The van der Waals surface area contributed by atoms with E-state index < -0.39 is 0 Å². The van der Waals surface area contributed by atoms with E-state index in [1.54, 1.807) is 0 Å². The Balaban J connectivity index is 2.82. The Morgan fingerprint density at radius 3 is 1.73 bits per heavy atom. The van der Waals surface area contributed by atoms with Gasteiger partial charge in [0.05, 0.1) is 0 Å². The Hall–Kier alpha value is -0.850. The highest BCUT2D eigenvalue weighted by atomic mass is 15.0. The van der Waals surface area contributed by atoms with Gasteiger partial charge in [-0.1, -0.05) is 20.8 Å². The summed E-state index contributed by atoms with van der Waals surface area (Å²) in [6, 6.07) is 4.47. The minimum absolute atomic E-state index is 0.181. The van der Waals surface area contributed by atoms with Crippen molar-refractivity contribution in [3.8, 4) is 0 Å². The highest BCUT2D eigenvalue weighted by Crippen LogP contribution is 2.19. The molecular weight excluding hydrogens is 182 g/mol. The van der Waals surface area contributed by atoms with Crippen LogP contribution in [0.5, 0.6) is 0 Å². The van der Waals surface area contributed by atoms with Crippen LogP contribution in [0.2, 0.25) is 0 Å². The normalized spacial score (nSPS) is 12.9. The number of pyridine rings is 1. The molecule has 0 atom stereocenters. The Labute approximate surface area is 94.1 Å². The fraction of sp³-hybridized carbons (Fsp3) is 0.643. The molecule has 1 heteroatoms. The predicted octanol–water partition coefficient (Wildman–Crippen LogP) is 3.32. The van der Waals surface area contributed by atoms with E-state index >= 15 is 0 Å². The fourth-order valence-corrected chi connectivity index (χ4v) is 1.63. The van der Waals surface area contributed by atoms with E-state index in [1.807, 2.05) is 0 Å². The van der Waals surface area contributed by atoms with Crippen LogP contribution < -0.4 is 4.57 Å². The van der Waals surface area contributed by atoms with Gasteiger partial charge in [0, 0.05) is 32.9 Å². The van der Waals surface area contributed by atoms with Crippen LogP contribution in [0.25, 0.3) is 0 Å². The van der Waals surface area contributed by atoms with Crippen molar-refractivity contribution < 1.29 is 4.57 Å². The lowest BCUT2D eigenvalue weighted by atomic mass is 9.88. The van der Waals surface area contributed by atoms with Crippen molar-refractivity contribution in [3.05, 3.63) is 30.1 Å². The van der Waals surface area contributed by atoms with Crippen molar-refractivity contribution in [3.63, 3.8) is 0 Å². The molecule has 0 saturated carbocycles. The smallest absolute Gasteiger partial charge is 0.169 e. The Morgan fingerprint density at radius 2 is 1.40 bits per heavy atom. The molecule has 0 spiro atoms. The first kappa shape index (κ1) is 12.2. The molecule has 84 valence electrons. The molecular formula is C14H24N+. The zero-order valence-corrected chi connectivity index (χ0v) is 11.0. The second-order valence-electron chi connectivity index (χ2n) is 6.52. The molecule has 0 aromatic carbocycles. The van der Waals surface area contributed by atoms with E-state index in [0.717, 1.165) is 6.42 Å². The van der Waals surface area contributed by atoms with Crippen LogP contribution in [-0.4, -0.2) is 0 Å². The van der Waals surface area contributed by atoms with Crippen molar-refractivity contribution >= 4 is 0 Å². The van der Waals surface area contributed by atoms with Crippen LogP contribution in [0, 0.1) is 5.41 Å². The fourth-order valence-electron chi connectivity index (χ4n) is 1.63. The van der Waals surface area contributed by atoms with Crippen LogP contribution in [-0.2, 0) is 12.0 Å². The molecule has 0 amide bonds. The van der Waals surface area contributed by atoms with Crippen LogP contribution in [0.1, 0.15) is 47.1 Å². The zero-order chi connectivity index (χ0) is 11.7. The van der Waals surface area contributed by atoms with E-state index in [0.29, 0.717) is 5.41 Å². The molecule has 1 rings (SSSR count). The number of rotatable bonds is 1. The summed E-state index contributed by atoms with van der Waals surface area (Å²) in [5, 5.41) is 0. The van der Waals surface area contributed by atoms with Gasteiger partial charge in [-0.3, -0.25) is 0 Å². The van der Waals surface area contributed by atoms with Crippen molar-refractivity contribution in [2.45, 2.75) is 53.5 Å². The summed E-state index contributed by atoms with van der Waals surface area (Å²) in [6.45, 7) is 13.5. The van der Waals surface area contributed by atoms with Crippen LogP contribution in [0.3, 0.4) is 0 Å². The van der Waals surface area contributed by atoms with Crippen molar-refractivity contribution in [2.24, 2.45) is 5.41 Å². The van der Waals surface area contributed by atoms with Gasteiger partial charge in [-0.2, -0.15) is 0 Å². The van der Waals surface area contributed by atoms with Crippen LogP contribution in [0.15, 0.2) is 24.5 Å². The highest BCUT2D eigenvalue weighted by molar-refractivity contribution is 5.09. The monoisotopic (exact) mass is 206 g/mol. The second-order valence-corrected chi connectivity index (χ2v) is 6.52. The van der Waals surface area contributed by atoms with Gasteiger partial charge in [0.1, 0.15) is 0 Å². The quantitative estimate of drug-likeness (QED) is 0.621. The number of hydrogen-bond acceptors (Lipinski definition) is 0. The molecule has 1 heterocycles. The minimum atomic E-state index is 0.181. The van der Waals surface area contributed by atoms with Crippen molar-refractivity contribution in [1.82, 2.24) is 0 Å². The Kier molecular flexibility index (Phi) is 3.22. The third-order valence-corrected chi connectivity index (χ3v) is 2.41. The second kappa shape index (κ2) is 3.96. The van der Waals surface area contributed by atoms with E-state index in [4.69, 9.17) is 0 Å². The molecule has 1 aromatic rings. The van der Waals surface area contributed by atoms with Crippen molar-refractivity contribution in [2.75, 3.05) is 0 Å². The summed E-state index contributed by atoms with van der Waals surface area (Å²) in [6.07, 6.45) is 5.50. The van der Waals surface area contributed by atoms with Gasteiger partial charge in [0.2, 0.25) is 0 Å². The van der Waals surface area contributed by atoms with Gasteiger partial charge in [0.25, 0.3) is 0 Å². The predicted molar refractivity (Wildman–Crippen MR) is 64.8 cm³/mol. The molecule has 1 aromatic heterocycles. The van der Waals surface area contributed by atoms with Gasteiger partial charge in [-0.25, -0.2) is 4.57 Å². The maximum Gasteiger partial charge on any atom is 0.169 e. The molecule has 15 heavy (non-hydrogen) atoms. The molecule has 0 unspecified atom stereocenters. The van der Waals surface area contributed by atoms with Gasteiger partial charge in [0.15, 0.2) is 17.9 Å². The third kappa shape index (κ3) is 4.03. The van der Waals surface area contributed by atoms with Crippen molar-refractivity contribution in [1.29, 1.82) is 0 Å². The molecule has 0 radical (unpaired) electrons. The average Bonchev–Trinajstić information content (AvgIpc) is 2.00. The molecule has 0 N–H and O–H groups in total. The SMILES string of the molecule is CC(C)(C)Cc1cc[n+](C(C)(C)C)cc1. The Morgan fingerprint density at radius 1 is 0.933 bits per heavy atom. The summed E-state index contributed by atoms with van der Waals surface area (Å²) in [4.78, 5) is 0. The third-order valence-electron chi connectivity index (χ3n) is 2.41. The summed E-state index contributed by atoms with van der Waals surface area (Å²) in [5.74, 6) is 0. The van der Waals surface area contributed by atoms with Gasteiger partial charge in [-0.05, 0) is 17.4 Å². The molecule has 0 fully saturated rings.